The van der Waals surface area contributed by atoms with E-state index >= 15 is 0 Å². The Kier molecular flexibility index (Phi) is 4.60. The minimum Gasteiger partial charge on any atom is -0.480 e. The van der Waals surface area contributed by atoms with Gasteiger partial charge in [0.2, 0.25) is 0 Å². The van der Waals surface area contributed by atoms with E-state index in [0.29, 0.717) is 6.04 Å². The van der Waals surface area contributed by atoms with Crippen molar-refractivity contribution in [3.05, 3.63) is 0 Å². The highest BCUT2D eigenvalue weighted by atomic mass is 16.4. The number of nitrogens with one attached hydrogen (secondary N) is 2. The Bertz CT molecular complexity index is 350. The predicted octanol–water partition coefficient (Wildman–Crippen LogP) is -0.642. The van der Waals surface area contributed by atoms with Gasteiger partial charge in [0.05, 0.1) is 6.61 Å². The lowest BCUT2D eigenvalue weighted by molar-refractivity contribution is -0.140. The number of fused-ring (bicyclic) bond motifs is 1. The summed E-state index contributed by atoms with van der Waals surface area (Å²) in [7, 11) is 0. The van der Waals surface area contributed by atoms with E-state index in [1.54, 1.807) is 0 Å². The molecule has 2 amide bonds. The quantitative estimate of drug-likeness (QED) is 0.544. The molecule has 0 aliphatic carbocycles. The van der Waals surface area contributed by atoms with Crippen molar-refractivity contribution < 1.29 is 19.8 Å². The molecular weight excluding hydrogens is 250 g/mol. The molecule has 0 bridgehead atoms. The molecule has 4 N–H and O–H groups in total. The summed E-state index contributed by atoms with van der Waals surface area (Å²) in [5, 5.41) is 22.6. The van der Waals surface area contributed by atoms with Gasteiger partial charge in [0.1, 0.15) is 0 Å². The number of rotatable bonds is 4. The standard InChI is InChI=1S/C12H21N3O4/c16-7-10(11(17)18)14-12(19)13-8-3-5-15-4-1-2-9(15)6-8/h8-10,16H,1-7H2,(H,17,18)(H2,13,14,19)/t8?,9?,10-/m1/s1. The third-order valence-corrected chi connectivity index (χ3v) is 3.94. The van der Waals surface area contributed by atoms with E-state index in [2.05, 4.69) is 15.5 Å². The van der Waals surface area contributed by atoms with Crippen LogP contribution in [0.15, 0.2) is 0 Å². The van der Waals surface area contributed by atoms with Crippen molar-refractivity contribution in [1.29, 1.82) is 0 Å². The molecular formula is C12H21N3O4. The number of piperidine rings is 1. The number of aliphatic carboxylic acids is 1. The second-order valence-corrected chi connectivity index (χ2v) is 5.24. The Hall–Kier alpha value is -1.34. The molecule has 19 heavy (non-hydrogen) atoms. The van der Waals surface area contributed by atoms with Gasteiger partial charge in [-0.2, -0.15) is 0 Å². The number of amides is 2. The van der Waals surface area contributed by atoms with E-state index in [4.69, 9.17) is 10.2 Å². The van der Waals surface area contributed by atoms with Gasteiger partial charge >= 0.3 is 12.0 Å². The fraction of sp³-hybridized carbons (Fsp3) is 0.833. The van der Waals surface area contributed by atoms with Crippen LogP contribution in [0.1, 0.15) is 25.7 Å². The third-order valence-electron chi connectivity index (χ3n) is 3.94. The maximum atomic E-state index is 11.7. The van der Waals surface area contributed by atoms with Crippen LogP contribution in [0.2, 0.25) is 0 Å². The normalized spacial score (nSPS) is 28.5. The lowest BCUT2D eigenvalue weighted by Gasteiger charge is -2.35. The molecule has 7 nitrogen and oxygen atoms in total. The summed E-state index contributed by atoms with van der Waals surface area (Å²) in [5.41, 5.74) is 0. The minimum absolute atomic E-state index is 0.0903. The number of aliphatic hydroxyl groups is 1. The first-order chi connectivity index (χ1) is 9.10. The van der Waals surface area contributed by atoms with Gasteiger partial charge in [0.25, 0.3) is 0 Å². The number of aliphatic hydroxyl groups excluding tert-OH is 1. The summed E-state index contributed by atoms with van der Waals surface area (Å²) in [6, 6.07) is -1.12. The molecule has 2 aliphatic rings. The summed E-state index contributed by atoms with van der Waals surface area (Å²) >= 11 is 0. The molecule has 0 radical (unpaired) electrons. The average Bonchev–Trinajstić information content (AvgIpc) is 2.82. The van der Waals surface area contributed by atoms with Gasteiger partial charge in [-0.05, 0) is 32.2 Å². The fourth-order valence-electron chi connectivity index (χ4n) is 2.93. The summed E-state index contributed by atoms with van der Waals surface area (Å²) in [4.78, 5) is 24.8. The predicted molar refractivity (Wildman–Crippen MR) is 67.8 cm³/mol. The van der Waals surface area contributed by atoms with Gasteiger partial charge in [0, 0.05) is 18.6 Å². The van der Waals surface area contributed by atoms with Crippen LogP contribution in [0.4, 0.5) is 4.79 Å². The molecule has 7 heteroatoms. The summed E-state index contributed by atoms with van der Waals surface area (Å²) in [6.07, 6.45) is 4.20. The van der Waals surface area contributed by atoms with Crippen molar-refractivity contribution in [3.8, 4) is 0 Å². The van der Waals surface area contributed by atoms with Gasteiger partial charge in [-0.15, -0.1) is 0 Å². The number of hydrogen-bond acceptors (Lipinski definition) is 4. The van der Waals surface area contributed by atoms with Crippen LogP contribution in [0.5, 0.6) is 0 Å². The monoisotopic (exact) mass is 271 g/mol. The van der Waals surface area contributed by atoms with Crippen molar-refractivity contribution in [2.24, 2.45) is 0 Å². The molecule has 2 fully saturated rings. The van der Waals surface area contributed by atoms with Crippen LogP contribution in [0.25, 0.3) is 0 Å². The van der Waals surface area contributed by atoms with Gasteiger partial charge in [-0.25, -0.2) is 9.59 Å². The van der Waals surface area contributed by atoms with Crippen molar-refractivity contribution in [2.45, 2.75) is 43.8 Å². The molecule has 0 aromatic rings. The molecule has 0 aromatic carbocycles. The highest BCUT2D eigenvalue weighted by Gasteiger charge is 2.32. The highest BCUT2D eigenvalue weighted by molar-refractivity contribution is 5.82. The van der Waals surface area contributed by atoms with E-state index in [0.717, 1.165) is 25.9 Å². The lowest BCUT2D eigenvalue weighted by atomic mass is 9.98. The van der Waals surface area contributed by atoms with E-state index in [9.17, 15) is 9.59 Å². The van der Waals surface area contributed by atoms with Crippen LogP contribution in [-0.2, 0) is 4.79 Å². The van der Waals surface area contributed by atoms with Crippen molar-refractivity contribution in [1.82, 2.24) is 15.5 Å². The molecule has 0 saturated carbocycles. The van der Waals surface area contributed by atoms with Crippen LogP contribution in [0, 0.1) is 0 Å². The Labute approximate surface area is 112 Å². The molecule has 2 heterocycles. The molecule has 0 aromatic heterocycles. The van der Waals surface area contributed by atoms with Crippen LogP contribution >= 0.6 is 0 Å². The van der Waals surface area contributed by atoms with Crippen molar-refractivity contribution >= 4 is 12.0 Å². The molecule has 2 saturated heterocycles. The minimum atomic E-state index is -1.24. The van der Waals surface area contributed by atoms with E-state index in [1.165, 1.54) is 12.8 Å². The second kappa shape index (κ2) is 6.21. The molecule has 2 rings (SSSR count). The molecule has 108 valence electrons. The van der Waals surface area contributed by atoms with Crippen LogP contribution < -0.4 is 10.6 Å². The zero-order valence-corrected chi connectivity index (χ0v) is 10.8. The van der Waals surface area contributed by atoms with Gasteiger partial charge < -0.3 is 25.7 Å². The van der Waals surface area contributed by atoms with Crippen LogP contribution in [-0.4, -0.2) is 64.9 Å². The fourth-order valence-corrected chi connectivity index (χ4v) is 2.93. The maximum absolute atomic E-state index is 11.7. The lowest BCUT2D eigenvalue weighted by Crippen LogP contribution is -2.53. The number of carboxylic acids is 1. The number of carboxylic acid groups (broad SMARTS) is 1. The van der Waals surface area contributed by atoms with Gasteiger partial charge in [-0.1, -0.05) is 0 Å². The highest BCUT2D eigenvalue weighted by Crippen LogP contribution is 2.26. The molecule has 2 unspecified atom stereocenters. The topological polar surface area (TPSA) is 102 Å². The van der Waals surface area contributed by atoms with Crippen LogP contribution in [0.3, 0.4) is 0 Å². The number of urea groups is 1. The summed E-state index contributed by atoms with van der Waals surface area (Å²) in [5.74, 6) is -1.23. The number of carbonyl (C=O) groups is 2. The number of carbonyl (C=O) groups excluding carboxylic acids is 1. The Balaban J connectivity index is 1.77. The third kappa shape index (κ3) is 3.57. The first-order valence-corrected chi connectivity index (χ1v) is 6.75. The molecule has 3 atom stereocenters. The zero-order valence-electron chi connectivity index (χ0n) is 10.8. The maximum Gasteiger partial charge on any atom is 0.328 e. The van der Waals surface area contributed by atoms with Gasteiger partial charge in [-0.3, -0.25) is 0 Å². The zero-order chi connectivity index (χ0) is 13.8. The number of nitrogens with zero attached hydrogens (tertiary/aromatic N) is 1. The molecule has 2 aliphatic heterocycles. The first-order valence-electron chi connectivity index (χ1n) is 6.75. The Morgan fingerprint density at radius 2 is 2.11 bits per heavy atom. The van der Waals surface area contributed by atoms with E-state index in [-0.39, 0.29) is 6.04 Å². The Morgan fingerprint density at radius 1 is 1.32 bits per heavy atom. The van der Waals surface area contributed by atoms with Crippen molar-refractivity contribution in [3.63, 3.8) is 0 Å². The molecule has 0 spiro atoms. The SMILES string of the molecule is O=C(NC1CCN2CCCC2C1)N[C@H](CO)C(=O)O. The van der Waals surface area contributed by atoms with E-state index < -0.39 is 24.6 Å². The Morgan fingerprint density at radius 3 is 2.79 bits per heavy atom. The average molecular weight is 271 g/mol. The summed E-state index contributed by atoms with van der Waals surface area (Å²) in [6.45, 7) is 1.52. The van der Waals surface area contributed by atoms with E-state index in [1.807, 2.05) is 0 Å². The second-order valence-electron chi connectivity index (χ2n) is 5.24. The van der Waals surface area contributed by atoms with Gasteiger partial charge in [0.15, 0.2) is 6.04 Å². The largest absolute Gasteiger partial charge is 0.480 e. The smallest absolute Gasteiger partial charge is 0.328 e. The first kappa shape index (κ1) is 14.1. The summed E-state index contributed by atoms with van der Waals surface area (Å²) < 4.78 is 0. The number of hydrogen-bond donors (Lipinski definition) is 4. The van der Waals surface area contributed by atoms with Crippen molar-refractivity contribution in [2.75, 3.05) is 19.7 Å².